The Hall–Kier alpha value is -1.69. The van der Waals surface area contributed by atoms with Gasteiger partial charge in [0.2, 0.25) is 0 Å². The monoisotopic (exact) mass is 277 g/mol. The second-order valence-electron chi connectivity index (χ2n) is 4.17. The van der Waals surface area contributed by atoms with Crippen molar-refractivity contribution in [2.75, 3.05) is 17.2 Å². The maximum atomic E-state index is 4.52. The molecule has 2 rings (SSSR count). The van der Waals surface area contributed by atoms with Crippen molar-refractivity contribution in [1.82, 2.24) is 15.0 Å². The summed E-state index contributed by atoms with van der Waals surface area (Å²) in [6.07, 6.45) is 1.94. The lowest BCUT2D eigenvalue weighted by molar-refractivity contribution is 0.833. The predicted molar refractivity (Wildman–Crippen MR) is 79.6 cm³/mol. The van der Waals surface area contributed by atoms with E-state index in [0.717, 1.165) is 42.5 Å². The van der Waals surface area contributed by atoms with Crippen LogP contribution >= 0.6 is 11.3 Å². The first-order valence-electron chi connectivity index (χ1n) is 6.54. The number of hydrogen-bond acceptors (Lipinski definition) is 6. The van der Waals surface area contributed by atoms with Gasteiger partial charge in [-0.15, -0.1) is 11.3 Å². The van der Waals surface area contributed by atoms with Crippen LogP contribution in [0, 0.1) is 0 Å². The number of anilines is 2. The summed E-state index contributed by atoms with van der Waals surface area (Å²) in [4.78, 5) is 13.2. The highest BCUT2D eigenvalue weighted by Crippen LogP contribution is 2.13. The summed E-state index contributed by atoms with van der Waals surface area (Å²) in [5.41, 5.74) is 2.87. The molecule has 0 amide bonds. The maximum Gasteiger partial charge on any atom is 0.133 e. The maximum absolute atomic E-state index is 4.52. The van der Waals surface area contributed by atoms with Crippen LogP contribution in [0.3, 0.4) is 0 Å². The first-order chi connectivity index (χ1) is 9.31. The number of aryl methyl sites for hydroxylation is 1. The van der Waals surface area contributed by atoms with Crippen LogP contribution in [0.25, 0.3) is 0 Å². The Kier molecular flexibility index (Phi) is 5.09. The molecule has 6 heteroatoms. The minimum Gasteiger partial charge on any atom is -0.370 e. The first kappa shape index (κ1) is 13.7. The molecule has 0 aromatic carbocycles. The minimum absolute atomic E-state index is 0.692. The molecule has 0 saturated carbocycles. The van der Waals surface area contributed by atoms with Crippen molar-refractivity contribution in [1.29, 1.82) is 0 Å². The van der Waals surface area contributed by atoms with Crippen LogP contribution in [0.1, 0.15) is 31.8 Å². The number of thiazole rings is 1. The third-order valence-electron chi connectivity index (χ3n) is 2.54. The molecule has 2 N–H and O–H groups in total. The second kappa shape index (κ2) is 7.04. The summed E-state index contributed by atoms with van der Waals surface area (Å²) < 4.78 is 0. The van der Waals surface area contributed by atoms with Gasteiger partial charge < -0.3 is 10.6 Å². The van der Waals surface area contributed by atoms with Gasteiger partial charge in [-0.2, -0.15) is 0 Å². The number of aromatic nitrogens is 3. The third kappa shape index (κ3) is 4.17. The molecule has 19 heavy (non-hydrogen) atoms. The van der Waals surface area contributed by atoms with Crippen molar-refractivity contribution in [3.05, 3.63) is 28.5 Å². The first-order valence-corrected chi connectivity index (χ1v) is 7.48. The van der Waals surface area contributed by atoms with Crippen LogP contribution in [0.2, 0.25) is 0 Å². The number of hydrogen-bond donors (Lipinski definition) is 2. The van der Waals surface area contributed by atoms with Crippen molar-refractivity contribution < 1.29 is 0 Å². The van der Waals surface area contributed by atoms with Gasteiger partial charge in [0, 0.05) is 24.4 Å². The molecule has 5 nitrogen and oxygen atoms in total. The number of nitrogens with one attached hydrogen (secondary N) is 2. The molecule has 2 aromatic heterocycles. The zero-order valence-electron chi connectivity index (χ0n) is 11.3. The molecule has 2 aromatic rings. The Morgan fingerprint density at radius 2 is 1.95 bits per heavy atom. The Bertz CT molecular complexity index is 473. The van der Waals surface area contributed by atoms with Crippen LogP contribution in [-0.4, -0.2) is 21.5 Å². The van der Waals surface area contributed by atoms with E-state index in [1.54, 1.807) is 11.3 Å². The Morgan fingerprint density at radius 3 is 2.58 bits per heavy atom. The molecule has 2 heterocycles. The highest BCUT2D eigenvalue weighted by atomic mass is 32.1. The van der Waals surface area contributed by atoms with Gasteiger partial charge in [-0.05, 0) is 13.3 Å². The summed E-state index contributed by atoms with van der Waals surface area (Å²) in [6, 6.07) is 1.94. The van der Waals surface area contributed by atoms with E-state index in [2.05, 4.69) is 39.4 Å². The number of nitrogens with zero attached hydrogens (tertiary/aromatic N) is 3. The molecule has 0 saturated heterocycles. The van der Waals surface area contributed by atoms with E-state index in [1.807, 2.05) is 17.0 Å². The van der Waals surface area contributed by atoms with Gasteiger partial charge in [0.15, 0.2) is 0 Å². The quantitative estimate of drug-likeness (QED) is 0.814. The van der Waals surface area contributed by atoms with Crippen molar-refractivity contribution in [3.63, 3.8) is 0 Å². The zero-order chi connectivity index (χ0) is 13.5. The normalized spacial score (nSPS) is 10.4. The molecule has 0 aliphatic rings. The van der Waals surface area contributed by atoms with Crippen molar-refractivity contribution >= 4 is 23.0 Å². The molecule has 0 fully saturated rings. The largest absolute Gasteiger partial charge is 0.370 e. The zero-order valence-corrected chi connectivity index (χ0v) is 12.1. The van der Waals surface area contributed by atoms with Crippen LogP contribution in [-0.2, 0) is 13.0 Å². The van der Waals surface area contributed by atoms with Gasteiger partial charge in [-0.1, -0.05) is 6.92 Å². The van der Waals surface area contributed by atoms with Gasteiger partial charge >= 0.3 is 0 Å². The molecule has 0 spiro atoms. The molecular weight excluding hydrogens is 258 g/mol. The predicted octanol–water partition coefficient (Wildman–Crippen LogP) is 2.93. The molecule has 0 atom stereocenters. The number of rotatable bonds is 7. The SMILES string of the molecule is CCCc1nc(NCC)cc(NCc2cscn2)n1. The van der Waals surface area contributed by atoms with Gasteiger partial charge in [-0.3, -0.25) is 0 Å². The van der Waals surface area contributed by atoms with E-state index in [4.69, 9.17) is 0 Å². The summed E-state index contributed by atoms with van der Waals surface area (Å²) in [5.74, 6) is 2.60. The van der Waals surface area contributed by atoms with E-state index in [1.165, 1.54) is 0 Å². The molecule has 0 radical (unpaired) electrons. The van der Waals surface area contributed by atoms with Crippen molar-refractivity contribution in [2.24, 2.45) is 0 Å². The fraction of sp³-hybridized carbons (Fsp3) is 0.462. The lowest BCUT2D eigenvalue weighted by Crippen LogP contribution is -2.08. The lowest BCUT2D eigenvalue weighted by atomic mass is 10.3. The highest BCUT2D eigenvalue weighted by Gasteiger charge is 2.04. The summed E-state index contributed by atoms with van der Waals surface area (Å²) in [7, 11) is 0. The van der Waals surface area contributed by atoms with Gasteiger partial charge in [0.25, 0.3) is 0 Å². The van der Waals surface area contributed by atoms with E-state index in [-0.39, 0.29) is 0 Å². The third-order valence-corrected chi connectivity index (χ3v) is 3.17. The topological polar surface area (TPSA) is 62.7 Å². The smallest absolute Gasteiger partial charge is 0.133 e. The van der Waals surface area contributed by atoms with Crippen LogP contribution < -0.4 is 10.6 Å². The molecule has 102 valence electrons. The van der Waals surface area contributed by atoms with E-state index >= 15 is 0 Å². The lowest BCUT2D eigenvalue weighted by Gasteiger charge is -2.09. The summed E-state index contributed by atoms with van der Waals surface area (Å²) in [6.45, 7) is 5.74. The van der Waals surface area contributed by atoms with E-state index in [9.17, 15) is 0 Å². The minimum atomic E-state index is 0.692. The van der Waals surface area contributed by atoms with Gasteiger partial charge in [-0.25, -0.2) is 15.0 Å². The summed E-state index contributed by atoms with van der Waals surface area (Å²) >= 11 is 1.60. The van der Waals surface area contributed by atoms with Crippen molar-refractivity contribution in [2.45, 2.75) is 33.2 Å². The van der Waals surface area contributed by atoms with Crippen LogP contribution in [0.5, 0.6) is 0 Å². The summed E-state index contributed by atoms with van der Waals surface area (Å²) in [5, 5.41) is 8.57. The Morgan fingerprint density at radius 1 is 1.16 bits per heavy atom. The van der Waals surface area contributed by atoms with Gasteiger partial charge in [0.05, 0.1) is 17.7 Å². The van der Waals surface area contributed by atoms with E-state index in [0.29, 0.717) is 6.54 Å². The molecule has 0 aliphatic heterocycles. The van der Waals surface area contributed by atoms with Crippen molar-refractivity contribution in [3.8, 4) is 0 Å². The average Bonchev–Trinajstić information content (AvgIpc) is 2.90. The fourth-order valence-electron chi connectivity index (χ4n) is 1.70. The van der Waals surface area contributed by atoms with Crippen LogP contribution in [0.4, 0.5) is 11.6 Å². The molecule has 0 aliphatic carbocycles. The second-order valence-corrected chi connectivity index (χ2v) is 4.89. The Labute approximate surface area is 117 Å². The van der Waals surface area contributed by atoms with E-state index < -0.39 is 0 Å². The highest BCUT2D eigenvalue weighted by molar-refractivity contribution is 7.07. The Balaban J connectivity index is 2.08. The molecular formula is C13H19N5S. The average molecular weight is 277 g/mol. The van der Waals surface area contributed by atoms with Crippen LogP contribution in [0.15, 0.2) is 17.0 Å². The standard InChI is InChI=1S/C13H19N5S/c1-3-5-11-17-12(14-4-2)6-13(18-11)15-7-10-8-19-9-16-10/h6,8-9H,3-5,7H2,1-2H3,(H2,14,15,17,18). The fourth-order valence-corrected chi connectivity index (χ4v) is 2.26. The molecule has 0 unspecified atom stereocenters. The van der Waals surface area contributed by atoms with Gasteiger partial charge in [0.1, 0.15) is 17.5 Å². The molecule has 0 bridgehead atoms.